The summed E-state index contributed by atoms with van der Waals surface area (Å²) >= 11 is 0. The Morgan fingerprint density at radius 2 is 2.00 bits per heavy atom. The van der Waals surface area contributed by atoms with Crippen LogP contribution in [-0.4, -0.2) is 20.7 Å². The quantitative estimate of drug-likeness (QED) is 0.585. The first kappa shape index (κ1) is 16.5. The van der Waals surface area contributed by atoms with Crippen molar-refractivity contribution in [3.8, 4) is 0 Å². The second-order valence-corrected chi connectivity index (χ2v) is 5.79. The summed E-state index contributed by atoms with van der Waals surface area (Å²) < 4.78 is 1.59. The number of nitrogens with zero attached hydrogens (tertiary/aromatic N) is 3. The average molecular weight is 282 g/mol. The lowest BCUT2D eigenvalue weighted by Gasteiger charge is -2.15. The van der Waals surface area contributed by atoms with E-state index in [4.69, 9.17) is 0 Å². The molecular formula is C14H26N4O2. The van der Waals surface area contributed by atoms with Crippen LogP contribution in [0.3, 0.4) is 0 Å². The number of anilines is 1. The lowest BCUT2D eigenvalue weighted by atomic mass is 10.0. The maximum atomic E-state index is 11.3. The van der Waals surface area contributed by atoms with Crippen molar-refractivity contribution in [2.45, 2.75) is 59.4 Å². The van der Waals surface area contributed by atoms with Crippen molar-refractivity contribution >= 4 is 11.5 Å². The van der Waals surface area contributed by atoms with Crippen LogP contribution in [0.1, 0.15) is 52.7 Å². The zero-order valence-electron chi connectivity index (χ0n) is 13.1. The normalized spacial score (nSPS) is 12.7. The molecule has 0 amide bonds. The number of aromatic nitrogens is 2. The minimum atomic E-state index is -0.324. The molecule has 1 aromatic rings. The summed E-state index contributed by atoms with van der Waals surface area (Å²) in [7, 11) is 1.75. The summed E-state index contributed by atoms with van der Waals surface area (Å²) in [5, 5.41) is 18.8. The average Bonchev–Trinajstić information content (AvgIpc) is 2.64. The van der Waals surface area contributed by atoms with Gasteiger partial charge in [-0.25, -0.2) is 4.68 Å². The molecule has 1 aromatic heterocycles. The largest absolute Gasteiger partial charge is 0.362 e. The van der Waals surface area contributed by atoms with Crippen molar-refractivity contribution < 1.29 is 4.92 Å². The Hall–Kier alpha value is -1.59. The highest BCUT2D eigenvalue weighted by Crippen LogP contribution is 2.30. The summed E-state index contributed by atoms with van der Waals surface area (Å²) in [6.07, 6.45) is 3.57. The van der Waals surface area contributed by atoms with E-state index in [2.05, 4.69) is 31.2 Å². The van der Waals surface area contributed by atoms with Gasteiger partial charge in [0.15, 0.2) is 0 Å². The Bertz CT molecular complexity index is 454. The molecule has 0 bridgehead atoms. The predicted octanol–water partition coefficient (Wildman–Crippen LogP) is 3.52. The molecule has 6 nitrogen and oxygen atoms in total. The highest BCUT2D eigenvalue weighted by atomic mass is 16.6. The third-order valence-electron chi connectivity index (χ3n) is 3.32. The van der Waals surface area contributed by atoms with Crippen LogP contribution < -0.4 is 5.32 Å². The maximum Gasteiger partial charge on any atom is 0.333 e. The van der Waals surface area contributed by atoms with Gasteiger partial charge in [0.05, 0.1) is 4.92 Å². The van der Waals surface area contributed by atoms with Gasteiger partial charge in [-0.1, -0.05) is 27.2 Å². The smallest absolute Gasteiger partial charge is 0.333 e. The highest BCUT2D eigenvalue weighted by Gasteiger charge is 2.26. The van der Waals surface area contributed by atoms with Gasteiger partial charge in [-0.15, -0.1) is 0 Å². The molecule has 0 fully saturated rings. The van der Waals surface area contributed by atoms with Gasteiger partial charge in [0.25, 0.3) is 0 Å². The second kappa shape index (κ2) is 7.26. The molecule has 0 saturated carbocycles. The topological polar surface area (TPSA) is 73.0 Å². The van der Waals surface area contributed by atoms with Gasteiger partial charge < -0.3 is 5.32 Å². The van der Waals surface area contributed by atoms with Gasteiger partial charge in [0, 0.05) is 13.1 Å². The SMILES string of the molecule is CCCc1nn(C)c(NC(C)CCC(C)C)c1[N+](=O)[O-]. The van der Waals surface area contributed by atoms with Gasteiger partial charge in [-0.2, -0.15) is 5.10 Å². The van der Waals surface area contributed by atoms with E-state index in [0.717, 1.165) is 19.3 Å². The Labute approximate surface area is 120 Å². The monoisotopic (exact) mass is 282 g/mol. The van der Waals surface area contributed by atoms with E-state index < -0.39 is 0 Å². The van der Waals surface area contributed by atoms with Crippen molar-refractivity contribution in [3.05, 3.63) is 15.8 Å². The third-order valence-corrected chi connectivity index (χ3v) is 3.32. The summed E-state index contributed by atoms with van der Waals surface area (Å²) in [4.78, 5) is 11.0. The first-order valence-electron chi connectivity index (χ1n) is 7.33. The third kappa shape index (κ3) is 4.21. The molecule has 0 aliphatic rings. The number of hydrogen-bond acceptors (Lipinski definition) is 4. The van der Waals surface area contributed by atoms with E-state index in [1.165, 1.54) is 0 Å². The molecule has 0 aliphatic heterocycles. The fourth-order valence-corrected chi connectivity index (χ4v) is 2.22. The number of rotatable bonds is 8. The van der Waals surface area contributed by atoms with Crippen molar-refractivity contribution in [3.63, 3.8) is 0 Å². The lowest BCUT2D eigenvalue weighted by Crippen LogP contribution is -2.18. The summed E-state index contributed by atoms with van der Waals surface area (Å²) in [5.74, 6) is 1.16. The van der Waals surface area contributed by atoms with Crippen LogP contribution in [0.2, 0.25) is 0 Å². The predicted molar refractivity (Wildman–Crippen MR) is 81.0 cm³/mol. The summed E-state index contributed by atoms with van der Waals surface area (Å²) in [6.45, 7) is 8.41. The first-order chi connectivity index (χ1) is 9.36. The number of aryl methyl sites for hydroxylation is 2. The molecule has 1 unspecified atom stereocenters. The molecular weight excluding hydrogens is 256 g/mol. The molecule has 0 saturated heterocycles. The van der Waals surface area contributed by atoms with Crippen molar-refractivity contribution in [2.75, 3.05) is 5.32 Å². The second-order valence-electron chi connectivity index (χ2n) is 5.79. The molecule has 1 N–H and O–H groups in total. The lowest BCUT2D eigenvalue weighted by molar-refractivity contribution is -0.384. The van der Waals surface area contributed by atoms with E-state index in [9.17, 15) is 10.1 Å². The molecule has 6 heteroatoms. The standard InChI is InChI=1S/C14H26N4O2/c1-6-7-12-13(18(19)20)14(17(5)16-12)15-11(4)9-8-10(2)3/h10-11,15H,6-9H2,1-5H3. The van der Waals surface area contributed by atoms with Gasteiger partial charge in [-0.3, -0.25) is 10.1 Å². The number of nitro groups is 1. The van der Waals surface area contributed by atoms with Crippen LogP contribution >= 0.6 is 0 Å². The van der Waals surface area contributed by atoms with Crippen molar-refractivity contribution in [1.29, 1.82) is 0 Å². The highest BCUT2D eigenvalue weighted by molar-refractivity contribution is 5.60. The van der Waals surface area contributed by atoms with E-state index in [1.807, 2.05) is 6.92 Å². The maximum absolute atomic E-state index is 11.3. The van der Waals surface area contributed by atoms with Gasteiger partial charge in [0.2, 0.25) is 5.82 Å². The van der Waals surface area contributed by atoms with E-state index >= 15 is 0 Å². The summed E-state index contributed by atoms with van der Waals surface area (Å²) in [5.41, 5.74) is 0.698. The minimum absolute atomic E-state index is 0.130. The number of hydrogen-bond donors (Lipinski definition) is 1. The fourth-order valence-electron chi connectivity index (χ4n) is 2.22. The molecule has 0 aliphatic carbocycles. The molecule has 0 spiro atoms. The van der Waals surface area contributed by atoms with Gasteiger partial charge in [0.1, 0.15) is 5.69 Å². The van der Waals surface area contributed by atoms with E-state index in [0.29, 0.717) is 23.9 Å². The van der Waals surface area contributed by atoms with Crippen LogP contribution in [-0.2, 0) is 13.5 Å². The fraction of sp³-hybridized carbons (Fsp3) is 0.786. The zero-order valence-corrected chi connectivity index (χ0v) is 13.1. The van der Waals surface area contributed by atoms with E-state index in [1.54, 1.807) is 11.7 Å². The molecule has 1 heterocycles. The van der Waals surface area contributed by atoms with E-state index in [-0.39, 0.29) is 16.7 Å². The Morgan fingerprint density at radius 1 is 1.35 bits per heavy atom. The van der Waals surface area contributed by atoms with Crippen LogP contribution in [0.5, 0.6) is 0 Å². The molecule has 20 heavy (non-hydrogen) atoms. The Kier molecular flexibility index (Phi) is 5.98. The van der Waals surface area contributed by atoms with Crippen molar-refractivity contribution in [1.82, 2.24) is 9.78 Å². The molecule has 0 radical (unpaired) electrons. The van der Waals surface area contributed by atoms with Crippen LogP contribution in [0.4, 0.5) is 11.5 Å². The molecule has 1 rings (SSSR count). The van der Waals surface area contributed by atoms with Crippen LogP contribution in [0, 0.1) is 16.0 Å². The molecule has 0 aromatic carbocycles. The van der Waals surface area contributed by atoms with Crippen LogP contribution in [0.25, 0.3) is 0 Å². The Morgan fingerprint density at radius 3 is 2.50 bits per heavy atom. The molecule has 1 atom stereocenters. The first-order valence-corrected chi connectivity index (χ1v) is 7.33. The van der Waals surface area contributed by atoms with Gasteiger partial charge >= 0.3 is 5.69 Å². The minimum Gasteiger partial charge on any atom is -0.362 e. The summed E-state index contributed by atoms with van der Waals surface area (Å²) in [6, 6.07) is 0.195. The van der Waals surface area contributed by atoms with Gasteiger partial charge in [-0.05, 0) is 32.1 Å². The Balaban J connectivity index is 2.90. The van der Waals surface area contributed by atoms with Crippen LogP contribution in [0.15, 0.2) is 0 Å². The zero-order chi connectivity index (χ0) is 15.3. The number of nitrogens with one attached hydrogen (secondary N) is 1. The van der Waals surface area contributed by atoms with Crippen molar-refractivity contribution in [2.24, 2.45) is 13.0 Å². The molecule has 114 valence electrons.